The fourth-order valence-electron chi connectivity index (χ4n) is 2.08. The van der Waals surface area contributed by atoms with E-state index in [1.165, 1.54) is 12.1 Å². The molecule has 1 atom stereocenters. The summed E-state index contributed by atoms with van der Waals surface area (Å²) in [6.45, 7) is 2.90. The first kappa shape index (κ1) is 16.1. The number of halogens is 2. The van der Waals surface area contributed by atoms with Gasteiger partial charge in [-0.25, -0.2) is 4.39 Å². The van der Waals surface area contributed by atoms with E-state index >= 15 is 0 Å². The number of ether oxygens (including phenoxy) is 2. The summed E-state index contributed by atoms with van der Waals surface area (Å²) in [4.78, 5) is 2.20. The van der Waals surface area contributed by atoms with E-state index in [-0.39, 0.29) is 11.9 Å². The van der Waals surface area contributed by atoms with Crippen LogP contribution in [0.15, 0.2) is 18.2 Å². The van der Waals surface area contributed by atoms with E-state index in [0.29, 0.717) is 36.8 Å². The van der Waals surface area contributed by atoms with Gasteiger partial charge >= 0.3 is 0 Å². The Kier molecular flexibility index (Phi) is 6.31. The van der Waals surface area contributed by atoms with Crippen molar-refractivity contribution >= 4 is 11.6 Å². The van der Waals surface area contributed by atoms with Gasteiger partial charge in [0.15, 0.2) is 0 Å². The Hall–Kier alpha value is -1.28. The summed E-state index contributed by atoms with van der Waals surface area (Å²) in [6, 6.07) is 4.35. The van der Waals surface area contributed by atoms with Crippen LogP contribution in [-0.4, -0.2) is 50.2 Å². The highest BCUT2D eigenvalue weighted by Crippen LogP contribution is 2.19. The smallest absolute Gasteiger partial charge is 0.135 e. The molecule has 0 spiro atoms. The van der Waals surface area contributed by atoms with Gasteiger partial charge in [0.25, 0.3) is 0 Å². The van der Waals surface area contributed by atoms with Gasteiger partial charge in [-0.3, -0.25) is 0 Å². The van der Waals surface area contributed by atoms with Crippen LogP contribution in [0.4, 0.5) is 4.39 Å². The lowest BCUT2D eigenvalue weighted by Crippen LogP contribution is -2.42. The van der Waals surface area contributed by atoms with Crippen LogP contribution in [0.5, 0.6) is 5.75 Å². The Morgan fingerprint density at radius 1 is 1.52 bits per heavy atom. The standard InChI is InChI=1S/C16H19ClFNO2/c1-19-8-9-20-15(11-19)12-21-16-6-5-14(18)10-13(16)4-2-3-7-17/h5-6,10,15H,3,7-9,11-12H2,1H3. The predicted molar refractivity (Wildman–Crippen MR) is 81.3 cm³/mol. The molecule has 0 N–H and O–H groups in total. The normalized spacial score (nSPS) is 18.9. The number of rotatable bonds is 4. The third-order valence-electron chi connectivity index (χ3n) is 3.15. The summed E-state index contributed by atoms with van der Waals surface area (Å²) in [5.41, 5.74) is 0.546. The topological polar surface area (TPSA) is 21.7 Å². The molecule has 0 bridgehead atoms. The van der Waals surface area contributed by atoms with E-state index in [1.807, 2.05) is 0 Å². The van der Waals surface area contributed by atoms with Crippen LogP contribution in [0.3, 0.4) is 0 Å². The number of hydrogen-bond acceptors (Lipinski definition) is 3. The number of likely N-dealkylation sites (N-methyl/N-ethyl adjacent to an activating group) is 1. The Morgan fingerprint density at radius 2 is 2.38 bits per heavy atom. The maximum Gasteiger partial charge on any atom is 0.135 e. The Morgan fingerprint density at radius 3 is 3.14 bits per heavy atom. The summed E-state index contributed by atoms with van der Waals surface area (Å²) < 4.78 is 24.7. The first-order chi connectivity index (χ1) is 10.2. The highest BCUT2D eigenvalue weighted by Gasteiger charge is 2.18. The van der Waals surface area contributed by atoms with Crippen molar-refractivity contribution in [3.05, 3.63) is 29.6 Å². The largest absolute Gasteiger partial charge is 0.490 e. The molecule has 0 saturated carbocycles. The number of nitrogens with zero attached hydrogens (tertiary/aromatic N) is 1. The van der Waals surface area contributed by atoms with Crippen LogP contribution in [-0.2, 0) is 4.74 Å². The molecule has 1 aliphatic rings. The van der Waals surface area contributed by atoms with Gasteiger partial charge in [-0.2, -0.15) is 0 Å². The molecule has 1 aliphatic heterocycles. The molecule has 21 heavy (non-hydrogen) atoms. The number of benzene rings is 1. The second-order valence-electron chi connectivity index (χ2n) is 4.95. The molecule has 0 aliphatic carbocycles. The molecule has 1 saturated heterocycles. The van der Waals surface area contributed by atoms with Crippen molar-refractivity contribution in [2.24, 2.45) is 0 Å². The molecule has 2 rings (SSSR count). The van der Waals surface area contributed by atoms with Crippen molar-refractivity contribution < 1.29 is 13.9 Å². The van der Waals surface area contributed by atoms with Gasteiger partial charge in [-0.05, 0) is 25.2 Å². The SMILES string of the molecule is CN1CCOC(COc2ccc(F)cc2C#CCCCl)C1. The molecule has 1 fully saturated rings. The molecule has 0 amide bonds. The van der Waals surface area contributed by atoms with Crippen LogP contribution in [0, 0.1) is 17.7 Å². The molecular formula is C16H19ClFNO2. The van der Waals surface area contributed by atoms with E-state index in [1.54, 1.807) is 6.07 Å². The minimum atomic E-state index is -0.328. The monoisotopic (exact) mass is 311 g/mol. The summed E-state index contributed by atoms with van der Waals surface area (Å²) >= 11 is 5.59. The number of alkyl halides is 1. The van der Waals surface area contributed by atoms with Gasteiger partial charge in [0, 0.05) is 25.4 Å². The molecule has 0 aromatic heterocycles. The molecule has 1 aromatic rings. The Labute approximate surface area is 130 Å². The van der Waals surface area contributed by atoms with Gasteiger partial charge in [-0.15, -0.1) is 11.6 Å². The number of hydrogen-bond donors (Lipinski definition) is 0. The maximum absolute atomic E-state index is 13.3. The molecule has 1 heterocycles. The average Bonchev–Trinajstić information content (AvgIpc) is 2.47. The predicted octanol–water partition coefficient (Wildman–Crippen LogP) is 2.52. The van der Waals surface area contributed by atoms with Gasteiger partial charge in [0.1, 0.15) is 24.3 Å². The molecule has 1 aromatic carbocycles. The zero-order valence-electron chi connectivity index (χ0n) is 12.1. The quantitative estimate of drug-likeness (QED) is 0.630. The lowest BCUT2D eigenvalue weighted by Gasteiger charge is -2.29. The van der Waals surface area contributed by atoms with Crippen molar-refractivity contribution in [3.8, 4) is 17.6 Å². The minimum absolute atomic E-state index is 0.0254. The maximum atomic E-state index is 13.3. The summed E-state index contributed by atoms with van der Waals surface area (Å²) in [6.07, 6.45) is 0.589. The van der Waals surface area contributed by atoms with Crippen molar-refractivity contribution in [3.63, 3.8) is 0 Å². The Balaban J connectivity index is 2.00. The highest BCUT2D eigenvalue weighted by molar-refractivity contribution is 6.18. The van der Waals surface area contributed by atoms with Crippen LogP contribution < -0.4 is 4.74 Å². The second-order valence-corrected chi connectivity index (χ2v) is 5.33. The number of morpholine rings is 1. The van der Waals surface area contributed by atoms with Crippen LogP contribution in [0.1, 0.15) is 12.0 Å². The van der Waals surface area contributed by atoms with Crippen molar-refractivity contribution in [2.45, 2.75) is 12.5 Å². The summed E-state index contributed by atoms with van der Waals surface area (Å²) in [5.74, 6) is 6.51. The molecule has 114 valence electrons. The lowest BCUT2D eigenvalue weighted by molar-refractivity contribution is -0.0403. The fraction of sp³-hybridized carbons (Fsp3) is 0.500. The highest BCUT2D eigenvalue weighted by atomic mass is 35.5. The fourth-order valence-corrected chi connectivity index (χ4v) is 2.18. The second kappa shape index (κ2) is 8.23. The van der Waals surface area contributed by atoms with Gasteiger partial charge in [0.2, 0.25) is 0 Å². The third kappa shape index (κ3) is 5.20. The summed E-state index contributed by atoms with van der Waals surface area (Å²) in [5, 5.41) is 0. The Bertz CT molecular complexity index is 527. The van der Waals surface area contributed by atoms with E-state index < -0.39 is 0 Å². The summed E-state index contributed by atoms with van der Waals surface area (Å²) in [7, 11) is 2.05. The van der Waals surface area contributed by atoms with E-state index in [9.17, 15) is 4.39 Å². The molecule has 5 heteroatoms. The van der Waals surface area contributed by atoms with E-state index in [2.05, 4.69) is 23.8 Å². The zero-order valence-corrected chi connectivity index (χ0v) is 12.8. The van der Waals surface area contributed by atoms with Crippen LogP contribution >= 0.6 is 11.6 Å². The van der Waals surface area contributed by atoms with Gasteiger partial charge in [-0.1, -0.05) is 11.8 Å². The molecule has 3 nitrogen and oxygen atoms in total. The zero-order chi connectivity index (χ0) is 15.1. The van der Waals surface area contributed by atoms with Crippen LogP contribution in [0.25, 0.3) is 0 Å². The minimum Gasteiger partial charge on any atom is -0.490 e. The van der Waals surface area contributed by atoms with Gasteiger partial charge in [0.05, 0.1) is 12.2 Å². The molecule has 0 radical (unpaired) electrons. The molecular weight excluding hydrogens is 293 g/mol. The molecule has 1 unspecified atom stereocenters. The first-order valence-corrected chi connectivity index (χ1v) is 7.50. The average molecular weight is 312 g/mol. The third-order valence-corrected chi connectivity index (χ3v) is 3.34. The van der Waals surface area contributed by atoms with Crippen molar-refractivity contribution in [1.29, 1.82) is 0 Å². The first-order valence-electron chi connectivity index (χ1n) is 6.96. The van der Waals surface area contributed by atoms with Crippen molar-refractivity contribution in [2.75, 3.05) is 39.2 Å². The van der Waals surface area contributed by atoms with E-state index in [0.717, 1.165) is 13.1 Å². The van der Waals surface area contributed by atoms with Crippen molar-refractivity contribution in [1.82, 2.24) is 4.90 Å². The lowest BCUT2D eigenvalue weighted by atomic mass is 10.2. The van der Waals surface area contributed by atoms with Gasteiger partial charge < -0.3 is 14.4 Å². The van der Waals surface area contributed by atoms with E-state index in [4.69, 9.17) is 21.1 Å². The van der Waals surface area contributed by atoms with Crippen LogP contribution in [0.2, 0.25) is 0 Å².